The number of hydrogen-bond donors (Lipinski definition) is 1. The average Bonchev–Trinajstić information content (AvgIpc) is 2.08. The van der Waals surface area contributed by atoms with Crippen molar-refractivity contribution in [1.29, 1.82) is 0 Å². The van der Waals surface area contributed by atoms with Crippen LogP contribution in [0.3, 0.4) is 0 Å². The summed E-state index contributed by atoms with van der Waals surface area (Å²) in [6, 6.07) is 4.02. The van der Waals surface area contributed by atoms with E-state index in [1.807, 2.05) is 32.2 Å². The lowest BCUT2D eigenvalue weighted by Crippen LogP contribution is -2.15. The van der Waals surface area contributed by atoms with Gasteiger partial charge in [-0.05, 0) is 25.5 Å². The Hall–Kier alpha value is -0.540. The van der Waals surface area contributed by atoms with Gasteiger partial charge in [0.1, 0.15) is 0 Å². The van der Waals surface area contributed by atoms with Gasteiger partial charge in [0.05, 0.1) is 11.1 Å². The van der Waals surface area contributed by atoms with Crippen LogP contribution in [0.5, 0.6) is 0 Å². The van der Waals surface area contributed by atoms with Crippen LogP contribution in [-0.4, -0.2) is 21.4 Å². The van der Waals surface area contributed by atoms with E-state index < -0.39 is 0 Å². The minimum atomic E-state index is -0.298. The highest BCUT2D eigenvalue weighted by Crippen LogP contribution is 2.22. The first-order valence-corrected chi connectivity index (χ1v) is 5.25. The molecule has 0 spiro atoms. The number of aliphatic hydroxyl groups excluding tert-OH is 1. The number of aromatic nitrogens is 1. The molecule has 1 heterocycles. The zero-order valence-corrected chi connectivity index (χ0v) is 9.01. The average molecular weight is 197 g/mol. The van der Waals surface area contributed by atoms with Gasteiger partial charge in [-0.2, -0.15) is 0 Å². The summed E-state index contributed by atoms with van der Waals surface area (Å²) in [4.78, 5) is 4.25. The van der Waals surface area contributed by atoms with Gasteiger partial charge in [-0.1, -0.05) is 13.0 Å². The summed E-state index contributed by atoms with van der Waals surface area (Å²) in [7, 11) is 0. The number of aryl methyl sites for hydroxylation is 1. The Bertz CT molecular complexity index is 258. The zero-order valence-electron chi connectivity index (χ0n) is 8.19. The highest BCUT2D eigenvalue weighted by atomic mass is 32.2. The topological polar surface area (TPSA) is 33.1 Å². The SMILES string of the molecule is Cc1ccc(SC(C)C(C)O)nc1. The largest absolute Gasteiger partial charge is 0.392 e. The van der Waals surface area contributed by atoms with Crippen LogP contribution < -0.4 is 0 Å². The fraction of sp³-hybridized carbons (Fsp3) is 0.500. The third-order valence-corrected chi connectivity index (χ3v) is 3.12. The number of nitrogens with zero attached hydrogens (tertiary/aromatic N) is 1. The molecule has 3 heteroatoms. The van der Waals surface area contributed by atoms with Crippen LogP contribution in [0.1, 0.15) is 19.4 Å². The quantitative estimate of drug-likeness (QED) is 0.754. The van der Waals surface area contributed by atoms with Crippen LogP contribution in [-0.2, 0) is 0 Å². The summed E-state index contributed by atoms with van der Waals surface area (Å²) < 4.78 is 0. The van der Waals surface area contributed by atoms with Crippen molar-refractivity contribution in [1.82, 2.24) is 4.98 Å². The van der Waals surface area contributed by atoms with E-state index in [9.17, 15) is 5.11 Å². The van der Waals surface area contributed by atoms with Crippen molar-refractivity contribution in [2.75, 3.05) is 0 Å². The molecule has 0 aliphatic heterocycles. The predicted octanol–water partition coefficient (Wildman–Crippen LogP) is 2.25. The Labute approximate surface area is 83.4 Å². The zero-order chi connectivity index (χ0) is 9.84. The van der Waals surface area contributed by atoms with Gasteiger partial charge in [-0.15, -0.1) is 11.8 Å². The molecule has 0 aliphatic carbocycles. The molecule has 0 radical (unpaired) electrons. The van der Waals surface area contributed by atoms with Crippen molar-refractivity contribution in [2.24, 2.45) is 0 Å². The standard InChI is InChI=1S/C10H15NOS/c1-7-4-5-10(11-6-7)13-9(3)8(2)12/h4-6,8-9,12H,1-3H3. The van der Waals surface area contributed by atoms with E-state index in [2.05, 4.69) is 4.98 Å². The van der Waals surface area contributed by atoms with Gasteiger partial charge in [0, 0.05) is 11.4 Å². The summed E-state index contributed by atoms with van der Waals surface area (Å²) >= 11 is 1.60. The van der Waals surface area contributed by atoms with Gasteiger partial charge in [-0.3, -0.25) is 0 Å². The van der Waals surface area contributed by atoms with Crippen LogP contribution in [0.2, 0.25) is 0 Å². The van der Waals surface area contributed by atoms with Gasteiger partial charge >= 0.3 is 0 Å². The first-order chi connectivity index (χ1) is 6.09. The third kappa shape index (κ3) is 3.36. The van der Waals surface area contributed by atoms with E-state index >= 15 is 0 Å². The smallest absolute Gasteiger partial charge is 0.0963 e. The van der Waals surface area contributed by atoms with Gasteiger partial charge in [0.2, 0.25) is 0 Å². The fourth-order valence-electron chi connectivity index (χ4n) is 0.813. The van der Waals surface area contributed by atoms with Crippen LogP contribution in [0, 0.1) is 6.92 Å². The molecule has 0 bridgehead atoms. The van der Waals surface area contributed by atoms with Crippen LogP contribution in [0.25, 0.3) is 0 Å². The molecule has 0 amide bonds. The predicted molar refractivity (Wildman–Crippen MR) is 56.0 cm³/mol. The van der Waals surface area contributed by atoms with E-state index in [1.54, 1.807) is 18.7 Å². The van der Waals surface area contributed by atoms with Gasteiger partial charge in [0.15, 0.2) is 0 Å². The molecule has 1 aromatic rings. The number of aliphatic hydroxyl groups is 1. The summed E-state index contributed by atoms with van der Waals surface area (Å²) in [5, 5.41) is 10.4. The fourth-order valence-corrected chi connectivity index (χ4v) is 1.65. The molecule has 1 aromatic heterocycles. The molecule has 1 N–H and O–H groups in total. The Morgan fingerprint density at radius 1 is 1.38 bits per heavy atom. The lowest BCUT2D eigenvalue weighted by Gasteiger charge is -2.12. The molecular formula is C10H15NOS. The Morgan fingerprint density at radius 2 is 2.08 bits per heavy atom. The molecule has 0 fully saturated rings. The van der Waals surface area contributed by atoms with Gasteiger partial charge in [0.25, 0.3) is 0 Å². The maximum absolute atomic E-state index is 9.29. The lowest BCUT2D eigenvalue weighted by atomic mass is 10.3. The Kier molecular flexibility index (Phi) is 3.75. The summed E-state index contributed by atoms with van der Waals surface area (Å²) in [6.07, 6.45) is 1.55. The number of pyridine rings is 1. The molecule has 0 aromatic carbocycles. The van der Waals surface area contributed by atoms with Gasteiger partial charge < -0.3 is 5.11 Å². The first kappa shape index (κ1) is 10.5. The number of hydrogen-bond acceptors (Lipinski definition) is 3. The normalized spacial score (nSPS) is 15.4. The van der Waals surface area contributed by atoms with Crippen molar-refractivity contribution < 1.29 is 5.11 Å². The second kappa shape index (κ2) is 4.63. The Morgan fingerprint density at radius 3 is 2.54 bits per heavy atom. The minimum Gasteiger partial charge on any atom is -0.392 e. The van der Waals surface area contributed by atoms with E-state index in [4.69, 9.17) is 0 Å². The highest BCUT2D eigenvalue weighted by molar-refractivity contribution is 7.99. The highest BCUT2D eigenvalue weighted by Gasteiger charge is 2.10. The monoisotopic (exact) mass is 197 g/mol. The molecule has 0 aliphatic rings. The third-order valence-electron chi connectivity index (χ3n) is 1.87. The van der Waals surface area contributed by atoms with E-state index in [-0.39, 0.29) is 11.4 Å². The molecular weight excluding hydrogens is 182 g/mol. The summed E-state index contributed by atoms with van der Waals surface area (Å²) in [5.41, 5.74) is 1.16. The Balaban J connectivity index is 2.59. The van der Waals surface area contributed by atoms with Crippen LogP contribution in [0.4, 0.5) is 0 Å². The first-order valence-electron chi connectivity index (χ1n) is 4.37. The van der Waals surface area contributed by atoms with Crippen molar-refractivity contribution in [3.63, 3.8) is 0 Å². The minimum absolute atomic E-state index is 0.190. The molecule has 2 unspecified atom stereocenters. The molecule has 0 saturated heterocycles. The number of rotatable bonds is 3. The van der Waals surface area contributed by atoms with Crippen molar-refractivity contribution in [3.8, 4) is 0 Å². The van der Waals surface area contributed by atoms with Gasteiger partial charge in [-0.25, -0.2) is 4.98 Å². The molecule has 13 heavy (non-hydrogen) atoms. The van der Waals surface area contributed by atoms with Crippen LogP contribution >= 0.6 is 11.8 Å². The molecule has 2 atom stereocenters. The summed E-state index contributed by atoms with van der Waals surface area (Å²) in [5.74, 6) is 0. The molecule has 0 saturated carbocycles. The molecule has 1 rings (SSSR count). The molecule has 2 nitrogen and oxygen atoms in total. The molecule has 72 valence electrons. The maximum Gasteiger partial charge on any atom is 0.0963 e. The second-order valence-corrected chi connectivity index (χ2v) is 4.63. The van der Waals surface area contributed by atoms with E-state index in [0.29, 0.717) is 0 Å². The van der Waals surface area contributed by atoms with Crippen LogP contribution in [0.15, 0.2) is 23.4 Å². The van der Waals surface area contributed by atoms with Crippen molar-refractivity contribution in [3.05, 3.63) is 23.9 Å². The number of thioether (sulfide) groups is 1. The van der Waals surface area contributed by atoms with E-state index in [0.717, 1.165) is 10.6 Å². The summed E-state index contributed by atoms with van der Waals surface area (Å²) in [6.45, 7) is 5.81. The van der Waals surface area contributed by atoms with E-state index in [1.165, 1.54) is 0 Å². The lowest BCUT2D eigenvalue weighted by molar-refractivity contribution is 0.196. The van der Waals surface area contributed by atoms with Crippen molar-refractivity contribution in [2.45, 2.75) is 37.2 Å². The second-order valence-electron chi connectivity index (χ2n) is 3.24. The van der Waals surface area contributed by atoms with Crippen molar-refractivity contribution >= 4 is 11.8 Å². The maximum atomic E-state index is 9.29.